The van der Waals surface area contributed by atoms with Crippen molar-refractivity contribution in [1.29, 1.82) is 0 Å². The zero-order chi connectivity index (χ0) is 17.5. The maximum absolute atomic E-state index is 11.0. The second kappa shape index (κ2) is 13.0. The molecule has 0 amide bonds. The highest BCUT2D eigenvalue weighted by Crippen LogP contribution is 2.01. The largest absolute Gasteiger partial charge is 0.466 e. The van der Waals surface area contributed by atoms with Crippen molar-refractivity contribution in [3.8, 4) is 0 Å². The molecule has 0 spiro atoms. The topological polar surface area (TPSA) is 43.4 Å². The summed E-state index contributed by atoms with van der Waals surface area (Å²) in [5.74, 6) is -0.366. The molecule has 0 aromatic rings. The predicted octanol–water partition coefficient (Wildman–Crippen LogP) is 4.42. The fourth-order valence-electron chi connectivity index (χ4n) is 1.39. The van der Waals surface area contributed by atoms with E-state index in [0.29, 0.717) is 0 Å². The molecule has 0 heterocycles. The number of allylic oxidation sites excluding steroid dienone is 13. The Morgan fingerprint density at radius 3 is 1.70 bits per heavy atom. The Kier molecular flexibility index (Phi) is 11.5. The fraction of sp³-hybridized carbons (Fsp3) is 0.200. The molecule has 0 unspecified atom stereocenters. The summed E-state index contributed by atoms with van der Waals surface area (Å²) in [6, 6.07) is 0. The van der Waals surface area contributed by atoms with Crippen molar-refractivity contribution < 1.29 is 14.3 Å². The summed E-state index contributed by atoms with van der Waals surface area (Å²) >= 11 is 0. The first-order chi connectivity index (χ1) is 11.0. The van der Waals surface area contributed by atoms with Gasteiger partial charge in [0.2, 0.25) is 0 Å². The molecule has 3 heteroatoms. The zero-order valence-electron chi connectivity index (χ0n) is 14.2. The lowest BCUT2D eigenvalue weighted by Crippen LogP contribution is -1.93. The van der Waals surface area contributed by atoms with E-state index >= 15 is 0 Å². The molecular weight excluding hydrogens is 288 g/mol. The van der Waals surface area contributed by atoms with Gasteiger partial charge in [-0.25, -0.2) is 4.79 Å². The summed E-state index contributed by atoms with van der Waals surface area (Å²) in [5.41, 5.74) is 3.05. The van der Waals surface area contributed by atoms with E-state index in [1.807, 2.05) is 63.3 Å². The van der Waals surface area contributed by atoms with Gasteiger partial charge < -0.3 is 4.74 Å². The Hall–Kier alpha value is -2.68. The van der Waals surface area contributed by atoms with E-state index in [0.717, 1.165) is 23.0 Å². The van der Waals surface area contributed by atoms with Gasteiger partial charge in [0.15, 0.2) is 0 Å². The molecule has 0 aliphatic rings. The minimum atomic E-state index is -0.366. The average Bonchev–Trinajstić information content (AvgIpc) is 2.54. The molecule has 0 saturated heterocycles. The van der Waals surface area contributed by atoms with Crippen LogP contribution in [0, 0.1) is 0 Å². The number of hydrogen-bond donors (Lipinski definition) is 0. The van der Waals surface area contributed by atoms with Gasteiger partial charge >= 0.3 is 5.97 Å². The first kappa shape index (κ1) is 20.3. The van der Waals surface area contributed by atoms with E-state index in [9.17, 15) is 9.59 Å². The van der Waals surface area contributed by atoms with Crippen LogP contribution in [-0.2, 0) is 14.3 Å². The van der Waals surface area contributed by atoms with Gasteiger partial charge in [-0.15, -0.1) is 0 Å². The van der Waals surface area contributed by atoms with Crippen molar-refractivity contribution in [3.63, 3.8) is 0 Å². The molecule has 0 rings (SSSR count). The van der Waals surface area contributed by atoms with E-state index in [-0.39, 0.29) is 5.97 Å². The van der Waals surface area contributed by atoms with Crippen LogP contribution in [0.1, 0.15) is 20.8 Å². The van der Waals surface area contributed by atoms with Crippen LogP contribution in [0.5, 0.6) is 0 Å². The molecule has 0 saturated carbocycles. The average molecular weight is 312 g/mol. The fourth-order valence-corrected chi connectivity index (χ4v) is 1.39. The Labute approximate surface area is 138 Å². The van der Waals surface area contributed by atoms with Crippen LogP contribution in [0.3, 0.4) is 0 Å². The maximum Gasteiger partial charge on any atom is 0.330 e. The Morgan fingerprint density at radius 1 is 0.696 bits per heavy atom. The molecule has 0 aromatic heterocycles. The highest BCUT2D eigenvalue weighted by molar-refractivity contribution is 5.82. The lowest BCUT2D eigenvalue weighted by Gasteiger charge is -1.91. The molecule has 0 N–H and O–H groups in total. The number of esters is 1. The summed E-state index contributed by atoms with van der Waals surface area (Å²) in [7, 11) is 1.35. The van der Waals surface area contributed by atoms with Gasteiger partial charge in [-0.3, -0.25) is 4.79 Å². The van der Waals surface area contributed by atoms with E-state index in [2.05, 4.69) is 4.74 Å². The Balaban J connectivity index is 4.54. The standard InChI is InChI=1S/C20H24O3/c1-17(9-5-6-10-18(2)13-8-16-21)11-7-12-19(3)14-15-20(22)23-4/h5-16H,1-4H3/b6-5+,11-7+,13-8+,15-14+,17-9+,18-10+,19-12-. The highest BCUT2D eigenvalue weighted by Gasteiger charge is 1.89. The summed E-state index contributed by atoms with van der Waals surface area (Å²) < 4.78 is 4.52. The van der Waals surface area contributed by atoms with Crippen molar-refractivity contribution in [3.05, 3.63) is 83.6 Å². The molecule has 23 heavy (non-hydrogen) atoms. The van der Waals surface area contributed by atoms with Gasteiger partial charge in [0, 0.05) is 6.08 Å². The van der Waals surface area contributed by atoms with E-state index in [1.54, 1.807) is 12.2 Å². The minimum Gasteiger partial charge on any atom is -0.466 e. The summed E-state index contributed by atoms with van der Waals surface area (Å²) in [6.07, 6.45) is 20.6. The van der Waals surface area contributed by atoms with Gasteiger partial charge in [0.05, 0.1) is 7.11 Å². The second-order valence-electron chi connectivity index (χ2n) is 4.83. The van der Waals surface area contributed by atoms with Gasteiger partial charge in [0.25, 0.3) is 0 Å². The van der Waals surface area contributed by atoms with Crippen molar-refractivity contribution >= 4 is 12.3 Å². The molecule has 0 atom stereocenters. The van der Waals surface area contributed by atoms with Gasteiger partial charge in [0.1, 0.15) is 6.29 Å². The molecule has 0 aliphatic heterocycles. The van der Waals surface area contributed by atoms with Gasteiger partial charge in [-0.05, 0) is 26.8 Å². The molecule has 0 aliphatic carbocycles. The lowest BCUT2D eigenvalue weighted by molar-refractivity contribution is -0.134. The Morgan fingerprint density at radius 2 is 1.17 bits per heavy atom. The number of carbonyl (C=O) groups excluding carboxylic acids is 2. The minimum absolute atomic E-state index is 0.366. The van der Waals surface area contributed by atoms with Crippen LogP contribution in [0.25, 0.3) is 0 Å². The van der Waals surface area contributed by atoms with Crippen LogP contribution in [0.4, 0.5) is 0 Å². The molecule has 0 fully saturated rings. The van der Waals surface area contributed by atoms with Crippen molar-refractivity contribution in [2.24, 2.45) is 0 Å². The number of carbonyl (C=O) groups is 2. The van der Waals surface area contributed by atoms with Crippen LogP contribution < -0.4 is 0 Å². The third-order valence-corrected chi connectivity index (χ3v) is 2.67. The third-order valence-electron chi connectivity index (χ3n) is 2.67. The smallest absolute Gasteiger partial charge is 0.330 e. The first-order valence-corrected chi connectivity index (χ1v) is 7.24. The van der Waals surface area contributed by atoms with E-state index < -0.39 is 0 Å². The third kappa shape index (κ3) is 12.8. The zero-order valence-corrected chi connectivity index (χ0v) is 14.2. The van der Waals surface area contributed by atoms with Gasteiger partial charge in [-0.1, -0.05) is 71.4 Å². The molecule has 0 bridgehead atoms. The molecule has 3 nitrogen and oxygen atoms in total. The van der Waals surface area contributed by atoms with Gasteiger partial charge in [-0.2, -0.15) is 0 Å². The first-order valence-electron chi connectivity index (χ1n) is 7.24. The SMILES string of the molecule is COC(=O)/C=C/C(C)=C\C=C\C(C)=C\C=C\C=C(C)\C=C\C=O. The van der Waals surface area contributed by atoms with Crippen molar-refractivity contribution in [1.82, 2.24) is 0 Å². The van der Waals surface area contributed by atoms with Crippen LogP contribution >= 0.6 is 0 Å². The number of ether oxygens (including phenoxy) is 1. The summed E-state index contributed by atoms with van der Waals surface area (Å²) in [6.45, 7) is 5.83. The highest BCUT2D eigenvalue weighted by atomic mass is 16.5. The van der Waals surface area contributed by atoms with Crippen LogP contribution in [0.15, 0.2) is 83.6 Å². The Bertz CT molecular complexity index is 594. The monoisotopic (exact) mass is 312 g/mol. The van der Waals surface area contributed by atoms with Crippen LogP contribution in [0.2, 0.25) is 0 Å². The molecule has 0 aromatic carbocycles. The number of hydrogen-bond acceptors (Lipinski definition) is 3. The number of rotatable bonds is 8. The molecular formula is C20H24O3. The quantitative estimate of drug-likeness (QED) is 0.288. The second-order valence-corrected chi connectivity index (χ2v) is 4.83. The van der Waals surface area contributed by atoms with Crippen LogP contribution in [-0.4, -0.2) is 19.4 Å². The van der Waals surface area contributed by atoms with E-state index in [1.165, 1.54) is 19.3 Å². The summed E-state index contributed by atoms with van der Waals surface area (Å²) in [5, 5.41) is 0. The normalized spacial score (nSPS) is 14.5. The molecule has 122 valence electrons. The predicted molar refractivity (Wildman–Crippen MR) is 95.9 cm³/mol. The summed E-state index contributed by atoms with van der Waals surface area (Å²) in [4.78, 5) is 21.1. The number of methoxy groups -OCH3 is 1. The molecule has 0 radical (unpaired) electrons. The van der Waals surface area contributed by atoms with E-state index in [4.69, 9.17) is 0 Å². The van der Waals surface area contributed by atoms with Crippen molar-refractivity contribution in [2.75, 3.05) is 7.11 Å². The maximum atomic E-state index is 11.0. The lowest BCUT2D eigenvalue weighted by atomic mass is 10.2. The number of aldehydes is 1. The van der Waals surface area contributed by atoms with Crippen molar-refractivity contribution in [2.45, 2.75) is 20.8 Å².